The molecule has 1 atom stereocenters. The first-order valence-electron chi connectivity index (χ1n) is 6.71. The van der Waals surface area contributed by atoms with Crippen LogP contribution in [-0.4, -0.2) is 31.3 Å². The maximum Gasteiger partial charge on any atom is 0.321 e. The number of benzene rings is 1. The zero-order valence-electron chi connectivity index (χ0n) is 11.6. The highest BCUT2D eigenvalue weighted by Gasteiger charge is 2.23. The van der Waals surface area contributed by atoms with Gasteiger partial charge in [-0.05, 0) is 18.4 Å². The lowest BCUT2D eigenvalue weighted by Crippen LogP contribution is -2.42. The van der Waals surface area contributed by atoms with Crippen LogP contribution in [0.3, 0.4) is 0 Å². The molecule has 0 aliphatic rings. The lowest BCUT2D eigenvalue weighted by molar-refractivity contribution is -0.139. The SMILES string of the molecule is CCCC[C@H](NS(=O)(=O)CCc1ccccc1)C(=O)O. The third-order valence-corrected chi connectivity index (χ3v) is 4.35. The standard InChI is InChI=1S/C14H21NO4S/c1-2-3-9-13(14(16)17)15-20(18,19)11-10-12-7-5-4-6-8-12/h4-8,13,15H,2-3,9-11H2,1H3,(H,16,17)/t13-/m0/s1. The van der Waals surface area contributed by atoms with E-state index in [0.29, 0.717) is 19.3 Å². The predicted molar refractivity (Wildman–Crippen MR) is 78.0 cm³/mol. The number of carboxylic acid groups (broad SMARTS) is 1. The number of hydrogen-bond donors (Lipinski definition) is 2. The molecule has 0 fully saturated rings. The number of hydrogen-bond acceptors (Lipinski definition) is 3. The molecular formula is C14H21NO4S. The summed E-state index contributed by atoms with van der Waals surface area (Å²) in [6.45, 7) is 1.93. The zero-order valence-corrected chi connectivity index (χ0v) is 12.4. The Morgan fingerprint density at radius 1 is 1.30 bits per heavy atom. The first-order valence-corrected chi connectivity index (χ1v) is 8.36. The maximum absolute atomic E-state index is 11.9. The largest absolute Gasteiger partial charge is 0.480 e. The van der Waals surface area contributed by atoms with Crippen molar-refractivity contribution in [2.24, 2.45) is 0 Å². The monoisotopic (exact) mass is 299 g/mol. The van der Waals surface area contributed by atoms with Gasteiger partial charge in [-0.3, -0.25) is 4.79 Å². The molecule has 0 aliphatic heterocycles. The average molecular weight is 299 g/mol. The third-order valence-electron chi connectivity index (χ3n) is 2.97. The third kappa shape index (κ3) is 6.16. The summed E-state index contributed by atoms with van der Waals surface area (Å²) in [7, 11) is -3.59. The van der Waals surface area contributed by atoms with Gasteiger partial charge in [0, 0.05) is 0 Å². The fourth-order valence-corrected chi connectivity index (χ4v) is 3.09. The molecule has 0 radical (unpaired) electrons. The van der Waals surface area contributed by atoms with Crippen LogP contribution in [0.15, 0.2) is 30.3 Å². The lowest BCUT2D eigenvalue weighted by Gasteiger charge is -2.14. The van der Waals surface area contributed by atoms with Crippen molar-refractivity contribution < 1.29 is 18.3 Å². The Bertz CT molecular complexity index is 513. The quantitative estimate of drug-likeness (QED) is 0.728. The molecule has 1 rings (SSSR count). The smallest absolute Gasteiger partial charge is 0.321 e. The van der Waals surface area contributed by atoms with Crippen molar-refractivity contribution in [3.63, 3.8) is 0 Å². The van der Waals surface area contributed by atoms with Gasteiger partial charge in [-0.25, -0.2) is 13.1 Å². The molecule has 0 bridgehead atoms. The summed E-state index contributed by atoms with van der Waals surface area (Å²) in [6.07, 6.45) is 2.19. The van der Waals surface area contributed by atoms with Crippen molar-refractivity contribution in [2.45, 2.75) is 38.6 Å². The molecule has 0 aromatic heterocycles. The van der Waals surface area contributed by atoms with E-state index >= 15 is 0 Å². The number of aliphatic carboxylic acids is 1. The first-order chi connectivity index (χ1) is 9.44. The fraction of sp³-hybridized carbons (Fsp3) is 0.500. The van der Waals surface area contributed by atoms with Crippen molar-refractivity contribution in [1.82, 2.24) is 4.72 Å². The average Bonchev–Trinajstić information content (AvgIpc) is 2.42. The Labute approximate surface area is 120 Å². The minimum absolute atomic E-state index is 0.104. The molecule has 0 unspecified atom stereocenters. The van der Waals surface area contributed by atoms with E-state index in [1.807, 2.05) is 37.3 Å². The number of rotatable bonds is 9. The Balaban J connectivity index is 2.56. The van der Waals surface area contributed by atoms with Gasteiger partial charge in [-0.15, -0.1) is 0 Å². The fourth-order valence-electron chi connectivity index (χ4n) is 1.81. The minimum Gasteiger partial charge on any atom is -0.480 e. The summed E-state index contributed by atoms with van der Waals surface area (Å²) in [5.74, 6) is -1.23. The number of sulfonamides is 1. The van der Waals surface area contributed by atoms with Gasteiger partial charge in [0.15, 0.2) is 0 Å². The lowest BCUT2D eigenvalue weighted by atomic mass is 10.1. The van der Waals surface area contributed by atoms with Gasteiger partial charge in [0.1, 0.15) is 6.04 Å². The van der Waals surface area contributed by atoms with E-state index in [2.05, 4.69) is 4.72 Å². The summed E-state index contributed by atoms with van der Waals surface area (Å²) in [5, 5.41) is 9.02. The summed E-state index contributed by atoms with van der Waals surface area (Å²) < 4.78 is 26.1. The summed E-state index contributed by atoms with van der Waals surface area (Å²) in [6, 6.07) is 8.22. The molecule has 0 heterocycles. The molecule has 0 aliphatic carbocycles. The highest BCUT2D eigenvalue weighted by molar-refractivity contribution is 7.89. The Hall–Kier alpha value is -1.40. The van der Waals surface area contributed by atoms with Gasteiger partial charge >= 0.3 is 5.97 Å². The summed E-state index contributed by atoms with van der Waals surface area (Å²) in [5.41, 5.74) is 0.915. The Kier molecular flexibility index (Phi) is 6.67. The normalized spacial score (nSPS) is 13.1. The molecular weight excluding hydrogens is 278 g/mol. The van der Waals surface area contributed by atoms with E-state index < -0.39 is 22.0 Å². The van der Waals surface area contributed by atoms with Gasteiger partial charge in [0.05, 0.1) is 5.75 Å². The zero-order chi connectivity index (χ0) is 15.0. The maximum atomic E-state index is 11.9. The first kappa shape index (κ1) is 16.7. The van der Waals surface area contributed by atoms with E-state index in [1.54, 1.807) is 0 Å². The van der Waals surface area contributed by atoms with E-state index in [4.69, 9.17) is 5.11 Å². The van der Waals surface area contributed by atoms with Crippen LogP contribution in [0.2, 0.25) is 0 Å². The van der Waals surface area contributed by atoms with Gasteiger partial charge in [-0.2, -0.15) is 0 Å². The van der Waals surface area contributed by atoms with Crippen LogP contribution < -0.4 is 4.72 Å². The van der Waals surface area contributed by atoms with Crippen molar-refractivity contribution in [1.29, 1.82) is 0 Å². The molecule has 6 heteroatoms. The van der Waals surface area contributed by atoms with Gasteiger partial charge in [0.25, 0.3) is 0 Å². The van der Waals surface area contributed by atoms with Crippen LogP contribution in [-0.2, 0) is 21.2 Å². The molecule has 0 amide bonds. The Morgan fingerprint density at radius 3 is 2.50 bits per heavy atom. The van der Waals surface area contributed by atoms with Crippen LogP contribution in [0, 0.1) is 0 Å². The number of nitrogens with one attached hydrogen (secondary N) is 1. The van der Waals surface area contributed by atoms with Crippen LogP contribution in [0.4, 0.5) is 0 Å². The van der Waals surface area contributed by atoms with Crippen LogP contribution in [0.5, 0.6) is 0 Å². The molecule has 2 N–H and O–H groups in total. The summed E-state index contributed by atoms with van der Waals surface area (Å²) >= 11 is 0. The number of aryl methyl sites for hydroxylation is 1. The van der Waals surface area contributed by atoms with Crippen LogP contribution >= 0.6 is 0 Å². The molecule has 5 nitrogen and oxygen atoms in total. The molecule has 112 valence electrons. The number of carboxylic acids is 1. The van der Waals surface area contributed by atoms with Crippen molar-refractivity contribution >= 4 is 16.0 Å². The minimum atomic E-state index is -3.59. The van der Waals surface area contributed by atoms with Gasteiger partial charge in [-0.1, -0.05) is 50.1 Å². The topological polar surface area (TPSA) is 83.5 Å². The highest BCUT2D eigenvalue weighted by atomic mass is 32.2. The molecule has 20 heavy (non-hydrogen) atoms. The molecule has 0 saturated carbocycles. The van der Waals surface area contributed by atoms with Crippen molar-refractivity contribution in [3.05, 3.63) is 35.9 Å². The predicted octanol–water partition coefficient (Wildman–Crippen LogP) is 1.79. The molecule has 1 aromatic rings. The second kappa shape index (κ2) is 8.01. The Morgan fingerprint density at radius 2 is 1.95 bits per heavy atom. The van der Waals surface area contributed by atoms with Crippen LogP contribution in [0.25, 0.3) is 0 Å². The van der Waals surface area contributed by atoms with Gasteiger partial charge in [0.2, 0.25) is 10.0 Å². The summed E-state index contributed by atoms with van der Waals surface area (Å²) in [4.78, 5) is 11.0. The molecule has 0 saturated heterocycles. The molecule has 1 aromatic carbocycles. The number of unbranched alkanes of at least 4 members (excludes halogenated alkanes) is 1. The van der Waals surface area contributed by atoms with E-state index in [-0.39, 0.29) is 5.75 Å². The van der Waals surface area contributed by atoms with Crippen molar-refractivity contribution in [3.8, 4) is 0 Å². The number of carbonyl (C=O) groups is 1. The van der Waals surface area contributed by atoms with Gasteiger partial charge < -0.3 is 5.11 Å². The van der Waals surface area contributed by atoms with E-state index in [0.717, 1.165) is 12.0 Å². The van der Waals surface area contributed by atoms with Crippen LogP contribution in [0.1, 0.15) is 31.7 Å². The highest BCUT2D eigenvalue weighted by Crippen LogP contribution is 2.05. The van der Waals surface area contributed by atoms with E-state index in [1.165, 1.54) is 0 Å². The van der Waals surface area contributed by atoms with E-state index in [9.17, 15) is 13.2 Å². The van der Waals surface area contributed by atoms with Crippen molar-refractivity contribution in [2.75, 3.05) is 5.75 Å². The molecule has 0 spiro atoms. The second-order valence-electron chi connectivity index (χ2n) is 4.71. The second-order valence-corrected chi connectivity index (χ2v) is 6.58.